The summed E-state index contributed by atoms with van der Waals surface area (Å²) in [6, 6.07) is 5.49. The van der Waals surface area contributed by atoms with E-state index in [9.17, 15) is 19.3 Å². The Kier molecular flexibility index (Phi) is 4.16. The molecule has 1 aromatic rings. The monoisotopic (exact) mass is 253 g/mol. The molecule has 1 atom stereocenters. The van der Waals surface area contributed by atoms with Gasteiger partial charge in [0.1, 0.15) is 11.6 Å². The molecular weight excluding hydrogens is 237 g/mol. The first kappa shape index (κ1) is 14.3. The van der Waals surface area contributed by atoms with Crippen molar-refractivity contribution >= 4 is 5.78 Å². The minimum atomic E-state index is -1.27. The van der Waals surface area contributed by atoms with Gasteiger partial charge in [0.05, 0.1) is 5.92 Å². The molecule has 0 saturated carbocycles. The molecule has 0 aliphatic heterocycles. The summed E-state index contributed by atoms with van der Waals surface area (Å²) < 4.78 is 12.9. The zero-order valence-corrected chi connectivity index (χ0v) is 10.6. The van der Waals surface area contributed by atoms with Gasteiger partial charge >= 0.3 is 0 Å². The van der Waals surface area contributed by atoms with Gasteiger partial charge in [0.15, 0.2) is 0 Å². The van der Waals surface area contributed by atoms with Crippen molar-refractivity contribution in [3.05, 3.63) is 45.8 Å². The van der Waals surface area contributed by atoms with Crippen molar-refractivity contribution in [2.24, 2.45) is 0 Å². The lowest BCUT2D eigenvalue weighted by molar-refractivity contribution is -0.565. The van der Waals surface area contributed by atoms with Crippen LogP contribution in [0.2, 0.25) is 0 Å². The molecule has 0 fully saturated rings. The molecule has 0 heterocycles. The third-order valence-corrected chi connectivity index (χ3v) is 3.09. The Hall–Kier alpha value is -1.78. The number of hydrogen-bond donors (Lipinski definition) is 0. The van der Waals surface area contributed by atoms with Gasteiger partial charge in [0.2, 0.25) is 5.54 Å². The van der Waals surface area contributed by atoms with E-state index < -0.39 is 22.2 Å². The lowest BCUT2D eigenvalue weighted by Crippen LogP contribution is -2.39. The molecule has 0 aliphatic carbocycles. The van der Waals surface area contributed by atoms with Crippen molar-refractivity contribution in [3.8, 4) is 0 Å². The van der Waals surface area contributed by atoms with Crippen LogP contribution in [0.4, 0.5) is 4.39 Å². The highest BCUT2D eigenvalue weighted by molar-refractivity contribution is 5.76. The summed E-state index contributed by atoms with van der Waals surface area (Å²) in [7, 11) is 0. The van der Waals surface area contributed by atoms with Crippen LogP contribution >= 0.6 is 0 Å². The number of halogens is 1. The second-order valence-electron chi connectivity index (χ2n) is 4.92. The molecule has 18 heavy (non-hydrogen) atoms. The van der Waals surface area contributed by atoms with E-state index in [2.05, 4.69) is 0 Å². The highest BCUT2D eigenvalue weighted by atomic mass is 19.1. The van der Waals surface area contributed by atoms with Gasteiger partial charge in [-0.2, -0.15) is 0 Å². The molecule has 0 aromatic heterocycles. The summed E-state index contributed by atoms with van der Waals surface area (Å²) in [4.78, 5) is 22.0. The summed E-state index contributed by atoms with van der Waals surface area (Å²) in [5.41, 5.74) is -0.669. The number of ketones is 1. The SMILES string of the molecule is CC(=O)C[C@@H](c1ccc(F)cc1)C(C)(C)[N+](=O)[O-]. The quantitative estimate of drug-likeness (QED) is 0.598. The van der Waals surface area contributed by atoms with E-state index >= 15 is 0 Å². The molecule has 0 N–H and O–H groups in total. The van der Waals surface area contributed by atoms with Crippen molar-refractivity contribution in [3.63, 3.8) is 0 Å². The van der Waals surface area contributed by atoms with E-state index in [1.807, 2.05) is 0 Å². The number of nitro groups is 1. The molecule has 1 rings (SSSR count). The topological polar surface area (TPSA) is 60.2 Å². The van der Waals surface area contributed by atoms with Gasteiger partial charge in [-0.05, 0) is 24.6 Å². The van der Waals surface area contributed by atoms with Crippen LogP contribution in [0.5, 0.6) is 0 Å². The molecule has 4 nitrogen and oxygen atoms in total. The minimum absolute atomic E-state index is 0.0691. The Morgan fingerprint density at radius 1 is 1.39 bits per heavy atom. The highest BCUT2D eigenvalue weighted by Gasteiger charge is 2.42. The van der Waals surface area contributed by atoms with Gasteiger partial charge in [0.25, 0.3) is 0 Å². The first-order valence-electron chi connectivity index (χ1n) is 5.64. The van der Waals surface area contributed by atoms with Crippen molar-refractivity contribution in [1.29, 1.82) is 0 Å². The molecular formula is C13H16FNO3. The van der Waals surface area contributed by atoms with Crippen molar-refractivity contribution in [2.45, 2.75) is 38.6 Å². The first-order chi connectivity index (χ1) is 8.25. The van der Waals surface area contributed by atoms with Crippen LogP contribution in [0.3, 0.4) is 0 Å². The number of rotatable bonds is 5. The number of hydrogen-bond acceptors (Lipinski definition) is 3. The van der Waals surface area contributed by atoms with Crippen LogP contribution in [0.1, 0.15) is 38.7 Å². The van der Waals surface area contributed by atoms with Gasteiger partial charge < -0.3 is 4.79 Å². The molecule has 0 saturated heterocycles. The van der Waals surface area contributed by atoms with E-state index in [1.165, 1.54) is 45.0 Å². The van der Waals surface area contributed by atoms with Gasteiger partial charge in [-0.3, -0.25) is 10.1 Å². The maximum Gasteiger partial charge on any atom is 0.223 e. The van der Waals surface area contributed by atoms with Crippen LogP contribution in [0.25, 0.3) is 0 Å². The maximum atomic E-state index is 12.9. The number of nitrogens with zero attached hydrogens (tertiary/aromatic N) is 1. The van der Waals surface area contributed by atoms with Crippen molar-refractivity contribution < 1.29 is 14.1 Å². The number of carbonyl (C=O) groups is 1. The van der Waals surface area contributed by atoms with E-state index in [0.717, 1.165) is 0 Å². The second kappa shape index (κ2) is 5.25. The number of Topliss-reactive ketones (excluding diaryl/α,β-unsaturated/α-hetero) is 1. The molecule has 98 valence electrons. The Labute approximate surface area is 105 Å². The average Bonchev–Trinajstić information content (AvgIpc) is 2.26. The van der Waals surface area contributed by atoms with E-state index in [-0.39, 0.29) is 12.2 Å². The minimum Gasteiger partial charge on any atom is -0.300 e. The molecule has 0 unspecified atom stereocenters. The van der Waals surface area contributed by atoms with Crippen LogP contribution in [0, 0.1) is 15.9 Å². The molecule has 0 amide bonds. The standard InChI is InChI=1S/C13H16FNO3/c1-9(16)8-12(13(2,3)15(17)18)10-4-6-11(14)7-5-10/h4-7,12H,8H2,1-3H3/t12-/m0/s1. The van der Waals surface area contributed by atoms with Crippen molar-refractivity contribution in [1.82, 2.24) is 0 Å². The summed E-state index contributed by atoms with van der Waals surface area (Å²) in [6.07, 6.45) is 0.0691. The average molecular weight is 253 g/mol. The van der Waals surface area contributed by atoms with Crippen LogP contribution < -0.4 is 0 Å². The van der Waals surface area contributed by atoms with Crippen LogP contribution in [-0.2, 0) is 4.79 Å². The Morgan fingerprint density at radius 3 is 2.28 bits per heavy atom. The highest BCUT2D eigenvalue weighted by Crippen LogP contribution is 2.33. The zero-order valence-electron chi connectivity index (χ0n) is 10.6. The van der Waals surface area contributed by atoms with E-state index in [4.69, 9.17) is 0 Å². The molecule has 0 bridgehead atoms. The summed E-state index contributed by atoms with van der Waals surface area (Å²) in [6.45, 7) is 4.35. The van der Waals surface area contributed by atoms with Gasteiger partial charge in [-0.25, -0.2) is 4.39 Å². The first-order valence-corrected chi connectivity index (χ1v) is 5.64. The zero-order chi connectivity index (χ0) is 13.9. The normalized spacial score (nSPS) is 13.1. The van der Waals surface area contributed by atoms with Gasteiger partial charge in [0, 0.05) is 25.2 Å². The molecule has 0 spiro atoms. The third-order valence-electron chi connectivity index (χ3n) is 3.09. The molecule has 1 aromatic carbocycles. The third kappa shape index (κ3) is 3.12. The molecule has 5 heteroatoms. The summed E-state index contributed by atoms with van der Waals surface area (Å²) in [5.74, 6) is -1.09. The number of benzene rings is 1. The van der Waals surface area contributed by atoms with E-state index in [0.29, 0.717) is 5.56 Å². The lowest BCUT2D eigenvalue weighted by Gasteiger charge is -2.26. The van der Waals surface area contributed by atoms with Crippen LogP contribution in [-0.4, -0.2) is 16.2 Å². The molecule has 0 aliphatic rings. The summed E-state index contributed by atoms with van der Waals surface area (Å²) >= 11 is 0. The Morgan fingerprint density at radius 2 is 1.89 bits per heavy atom. The van der Waals surface area contributed by atoms with Gasteiger partial charge in [-0.1, -0.05) is 12.1 Å². The lowest BCUT2D eigenvalue weighted by atomic mass is 9.79. The fourth-order valence-electron chi connectivity index (χ4n) is 1.89. The van der Waals surface area contributed by atoms with Crippen molar-refractivity contribution in [2.75, 3.05) is 0 Å². The summed E-state index contributed by atoms with van der Waals surface area (Å²) in [5, 5.41) is 11.1. The Bertz CT molecular complexity index is 454. The largest absolute Gasteiger partial charge is 0.300 e. The predicted molar refractivity (Wildman–Crippen MR) is 65.5 cm³/mol. The fraction of sp³-hybridized carbons (Fsp3) is 0.462. The second-order valence-corrected chi connectivity index (χ2v) is 4.92. The number of carbonyl (C=O) groups excluding carboxylic acids is 1. The predicted octanol–water partition coefficient (Wildman–Crippen LogP) is 2.94. The van der Waals surface area contributed by atoms with Gasteiger partial charge in [-0.15, -0.1) is 0 Å². The van der Waals surface area contributed by atoms with E-state index in [1.54, 1.807) is 0 Å². The maximum absolute atomic E-state index is 12.9. The smallest absolute Gasteiger partial charge is 0.223 e. The fourth-order valence-corrected chi connectivity index (χ4v) is 1.89. The Balaban J connectivity index is 3.17. The molecule has 0 radical (unpaired) electrons. The van der Waals surface area contributed by atoms with Crippen LogP contribution in [0.15, 0.2) is 24.3 Å².